The van der Waals surface area contributed by atoms with Crippen LogP contribution < -0.4 is 4.74 Å². The quantitative estimate of drug-likeness (QED) is 0.703. The SMILES string of the molecule is Cc1cc(C)nc(OC2CCN(C(=O)c3cnn(-c4ccccc4)n3)C2)n1. The maximum absolute atomic E-state index is 12.7. The van der Waals surface area contributed by atoms with E-state index in [9.17, 15) is 4.79 Å². The van der Waals surface area contributed by atoms with Crippen molar-refractivity contribution in [1.82, 2.24) is 29.9 Å². The van der Waals surface area contributed by atoms with E-state index in [1.54, 1.807) is 4.90 Å². The van der Waals surface area contributed by atoms with Gasteiger partial charge in [-0.3, -0.25) is 4.79 Å². The van der Waals surface area contributed by atoms with Crippen LogP contribution in [0.5, 0.6) is 6.01 Å². The molecular formula is C19H20N6O2. The van der Waals surface area contributed by atoms with Crippen molar-refractivity contribution in [2.24, 2.45) is 0 Å². The van der Waals surface area contributed by atoms with E-state index in [0.717, 1.165) is 23.5 Å². The Morgan fingerprint density at radius 1 is 1.15 bits per heavy atom. The fourth-order valence-electron chi connectivity index (χ4n) is 3.11. The lowest BCUT2D eigenvalue weighted by molar-refractivity contribution is 0.0763. The van der Waals surface area contributed by atoms with Gasteiger partial charge in [0.05, 0.1) is 18.4 Å². The van der Waals surface area contributed by atoms with Crippen molar-refractivity contribution in [3.63, 3.8) is 0 Å². The summed E-state index contributed by atoms with van der Waals surface area (Å²) in [5.41, 5.74) is 2.86. The van der Waals surface area contributed by atoms with E-state index in [1.807, 2.05) is 50.2 Å². The Morgan fingerprint density at radius 3 is 2.63 bits per heavy atom. The number of benzene rings is 1. The van der Waals surface area contributed by atoms with E-state index in [4.69, 9.17) is 4.74 Å². The molecule has 0 spiro atoms. The third kappa shape index (κ3) is 3.79. The van der Waals surface area contributed by atoms with Crippen LogP contribution in [0.1, 0.15) is 28.3 Å². The first-order valence-corrected chi connectivity index (χ1v) is 8.84. The predicted molar refractivity (Wildman–Crippen MR) is 97.8 cm³/mol. The molecule has 3 heterocycles. The second kappa shape index (κ2) is 7.14. The molecular weight excluding hydrogens is 344 g/mol. The third-order valence-electron chi connectivity index (χ3n) is 4.36. The number of carbonyl (C=O) groups excluding carboxylic acids is 1. The van der Waals surface area contributed by atoms with Crippen molar-refractivity contribution in [3.8, 4) is 11.7 Å². The minimum Gasteiger partial charge on any atom is -0.458 e. The van der Waals surface area contributed by atoms with Crippen molar-refractivity contribution in [2.45, 2.75) is 26.4 Å². The molecule has 0 aliphatic carbocycles. The number of amides is 1. The summed E-state index contributed by atoms with van der Waals surface area (Å²) >= 11 is 0. The van der Waals surface area contributed by atoms with E-state index >= 15 is 0 Å². The Hall–Kier alpha value is -3.29. The van der Waals surface area contributed by atoms with Crippen LogP contribution in [0.4, 0.5) is 0 Å². The molecule has 8 nitrogen and oxygen atoms in total. The van der Waals surface area contributed by atoms with Gasteiger partial charge in [-0.05, 0) is 32.0 Å². The maximum atomic E-state index is 12.7. The Morgan fingerprint density at radius 2 is 1.89 bits per heavy atom. The van der Waals surface area contributed by atoms with Crippen molar-refractivity contribution in [3.05, 3.63) is 59.7 Å². The van der Waals surface area contributed by atoms with E-state index in [0.29, 0.717) is 24.8 Å². The summed E-state index contributed by atoms with van der Waals surface area (Å²) in [6, 6.07) is 11.8. The van der Waals surface area contributed by atoms with E-state index < -0.39 is 0 Å². The number of hydrogen-bond donors (Lipinski definition) is 0. The second-order valence-corrected chi connectivity index (χ2v) is 6.57. The minimum atomic E-state index is -0.148. The molecule has 1 unspecified atom stereocenters. The van der Waals surface area contributed by atoms with Crippen LogP contribution in [0.15, 0.2) is 42.6 Å². The average molecular weight is 364 g/mol. The molecule has 1 atom stereocenters. The van der Waals surface area contributed by atoms with Crippen LogP contribution in [0.3, 0.4) is 0 Å². The van der Waals surface area contributed by atoms with E-state index in [-0.39, 0.29) is 12.0 Å². The highest BCUT2D eigenvalue weighted by atomic mass is 16.5. The summed E-state index contributed by atoms with van der Waals surface area (Å²) < 4.78 is 5.87. The molecule has 0 N–H and O–H groups in total. The van der Waals surface area contributed by atoms with Crippen LogP contribution in [0.25, 0.3) is 5.69 Å². The number of aryl methyl sites for hydroxylation is 2. The molecule has 1 aliphatic rings. The lowest BCUT2D eigenvalue weighted by Gasteiger charge is -2.15. The standard InChI is InChI=1S/C19H20N6O2/c1-13-10-14(2)22-19(21-13)27-16-8-9-24(12-16)18(26)17-11-20-25(23-17)15-6-4-3-5-7-15/h3-7,10-11,16H,8-9,12H2,1-2H3. The number of nitrogens with zero attached hydrogens (tertiary/aromatic N) is 6. The van der Waals surface area contributed by atoms with Crippen molar-refractivity contribution >= 4 is 5.91 Å². The summed E-state index contributed by atoms with van der Waals surface area (Å²) in [5.74, 6) is -0.148. The monoisotopic (exact) mass is 364 g/mol. The van der Waals surface area contributed by atoms with Crippen molar-refractivity contribution in [1.29, 1.82) is 0 Å². The summed E-state index contributed by atoms with van der Waals surface area (Å²) in [4.78, 5) is 24.5. The van der Waals surface area contributed by atoms with Crippen molar-refractivity contribution in [2.75, 3.05) is 13.1 Å². The number of hydrogen-bond acceptors (Lipinski definition) is 6. The molecule has 1 fully saturated rings. The van der Waals surface area contributed by atoms with Crippen LogP contribution in [-0.2, 0) is 0 Å². The lowest BCUT2D eigenvalue weighted by atomic mass is 10.3. The Kier molecular flexibility index (Phi) is 4.53. The number of carbonyl (C=O) groups is 1. The highest BCUT2D eigenvalue weighted by molar-refractivity contribution is 5.92. The van der Waals surface area contributed by atoms with Gasteiger partial charge >= 0.3 is 6.01 Å². The lowest BCUT2D eigenvalue weighted by Crippen LogP contribution is -2.31. The molecule has 3 aromatic rings. The first kappa shape index (κ1) is 17.1. The van der Waals surface area contributed by atoms with Gasteiger partial charge in [-0.2, -0.15) is 9.90 Å². The predicted octanol–water partition coefficient (Wildman–Crippen LogP) is 1.97. The van der Waals surface area contributed by atoms with Crippen LogP contribution in [0.2, 0.25) is 0 Å². The van der Waals surface area contributed by atoms with Gasteiger partial charge < -0.3 is 9.64 Å². The first-order valence-electron chi connectivity index (χ1n) is 8.84. The molecule has 2 aromatic heterocycles. The largest absolute Gasteiger partial charge is 0.458 e. The zero-order chi connectivity index (χ0) is 18.8. The molecule has 8 heteroatoms. The molecule has 4 rings (SSSR count). The van der Waals surface area contributed by atoms with Gasteiger partial charge in [0.1, 0.15) is 6.10 Å². The highest BCUT2D eigenvalue weighted by Gasteiger charge is 2.30. The molecule has 1 aliphatic heterocycles. The smallest absolute Gasteiger partial charge is 0.317 e. The van der Waals surface area contributed by atoms with Crippen LogP contribution in [0, 0.1) is 13.8 Å². The molecule has 138 valence electrons. The number of aromatic nitrogens is 5. The zero-order valence-electron chi connectivity index (χ0n) is 15.2. The molecule has 0 saturated carbocycles. The van der Waals surface area contributed by atoms with Crippen LogP contribution >= 0.6 is 0 Å². The first-order chi connectivity index (χ1) is 13.1. The Labute approximate surface area is 156 Å². The number of rotatable bonds is 4. The third-order valence-corrected chi connectivity index (χ3v) is 4.36. The molecule has 0 radical (unpaired) electrons. The Balaban J connectivity index is 1.41. The maximum Gasteiger partial charge on any atom is 0.317 e. The molecule has 0 bridgehead atoms. The van der Waals surface area contributed by atoms with Gasteiger partial charge in [-0.25, -0.2) is 9.97 Å². The molecule has 27 heavy (non-hydrogen) atoms. The van der Waals surface area contributed by atoms with Gasteiger partial charge in [-0.1, -0.05) is 18.2 Å². The summed E-state index contributed by atoms with van der Waals surface area (Å²) in [6.45, 7) is 4.89. The number of likely N-dealkylation sites (tertiary alicyclic amines) is 1. The van der Waals surface area contributed by atoms with Crippen molar-refractivity contribution < 1.29 is 9.53 Å². The van der Waals surface area contributed by atoms with E-state index in [1.165, 1.54) is 11.0 Å². The van der Waals surface area contributed by atoms with E-state index in [2.05, 4.69) is 20.2 Å². The fraction of sp³-hybridized carbons (Fsp3) is 0.316. The van der Waals surface area contributed by atoms with Gasteiger partial charge in [0.2, 0.25) is 0 Å². The van der Waals surface area contributed by atoms with Gasteiger partial charge in [0, 0.05) is 24.4 Å². The zero-order valence-corrected chi connectivity index (χ0v) is 15.2. The summed E-state index contributed by atoms with van der Waals surface area (Å²) in [7, 11) is 0. The summed E-state index contributed by atoms with van der Waals surface area (Å²) in [5, 5.41) is 8.50. The second-order valence-electron chi connectivity index (χ2n) is 6.57. The van der Waals surface area contributed by atoms with Crippen LogP contribution in [-0.4, -0.2) is 55.0 Å². The minimum absolute atomic E-state index is 0.126. The normalized spacial score (nSPS) is 16.5. The molecule has 1 saturated heterocycles. The number of ether oxygens (including phenoxy) is 1. The fourth-order valence-corrected chi connectivity index (χ4v) is 3.11. The summed E-state index contributed by atoms with van der Waals surface area (Å²) in [6.07, 6.45) is 2.10. The van der Waals surface area contributed by atoms with Gasteiger partial charge in [0.15, 0.2) is 5.69 Å². The molecule has 1 aromatic carbocycles. The number of para-hydroxylation sites is 1. The average Bonchev–Trinajstić information content (AvgIpc) is 3.31. The van der Waals surface area contributed by atoms with Gasteiger partial charge in [-0.15, -0.1) is 5.10 Å². The van der Waals surface area contributed by atoms with Gasteiger partial charge in [0.25, 0.3) is 5.91 Å². The topological polar surface area (TPSA) is 86.0 Å². The highest BCUT2D eigenvalue weighted by Crippen LogP contribution is 2.18. The Bertz CT molecular complexity index is 936. The molecule has 1 amide bonds.